The Morgan fingerprint density at radius 3 is 1.21 bits per heavy atom. The molecule has 0 aliphatic rings. The molecule has 9 nitrogen and oxygen atoms in total. The second-order valence-electron chi connectivity index (χ2n) is 5.58. The van der Waals surface area contributed by atoms with Crippen LogP contribution in [0.3, 0.4) is 0 Å². The Bertz CT molecular complexity index is 996. The average molecular weight is 453 g/mol. The van der Waals surface area contributed by atoms with Crippen molar-refractivity contribution < 1.29 is 45.2 Å². The number of halogens is 1. The van der Waals surface area contributed by atoms with Gasteiger partial charge in [-0.25, -0.2) is 0 Å². The summed E-state index contributed by atoms with van der Waals surface area (Å²) in [6.45, 7) is 0. The largest absolute Gasteiger partial charge is 0.508 e. The van der Waals surface area contributed by atoms with Gasteiger partial charge in [-0.1, -0.05) is 0 Å². The highest BCUT2D eigenvalue weighted by molar-refractivity contribution is 9.10. The van der Waals surface area contributed by atoms with Crippen molar-refractivity contribution in [3.05, 3.63) is 40.9 Å². The van der Waals surface area contributed by atoms with Crippen LogP contribution >= 0.6 is 15.9 Å². The minimum atomic E-state index is -0.574. The molecular formula is C18H13BrO9. The highest BCUT2D eigenvalue weighted by Crippen LogP contribution is 2.47. The Morgan fingerprint density at radius 2 is 0.821 bits per heavy atom. The normalized spacial score (nSPS) is 10.6. The molecule has 0 radical (unpaired) electrons. The molecule has 7 N–H and O–H groups in total. The van der Waals surface area contributed by atoms with Crippen LogP contribution in [0.25, 0.3) is 0 Å². The molecule has 3 aromatic rings. The quantitative estimate of drug-likeness (QED) is 0.310. The molecule has 10 heteroatoms. The number of rotatable bonds is 4. The second-order valence-corrected chi connectivity index (χ2v) is 6.38. The maximum Gasteiger partial charge on any atom is 0.210 e. The summed E-state index contributed by atoms with van der Waals surface area (Å²) < 4.78 is 10.6. The molecule has 3 aromatic carbocycles. The summed E-state index contributed by atoms with van der Waals surface area (Å²) >= 11 is 2.96. The van der Waals surface area contributed by atoms with Crippen molar-refractivity contribution in [2.24, 2.45) is 0 Å². The second kappa shape index (κ2) is 7.16. The molecule has 0 heterocycles. The fourth-order valence-corrected chi connectivity index (χ4v) is 2.52. The first-order valence-corrected chi connectivity index (χ1v) is 8.33. The lowest BCUT2D eigenvalue weighted by Crippen LogP contribution is -1.90. The average Bonchev–Trinajstić information content (AvgIpc) is 2.59. The van der Waals surface area contributed by atoms with Gasteiger partial charge in [-0.05, 0) is 15.9 Å². The molecule has 0 saturated heterocycles. The van der Waals surface area contributed by atoms with Gasteiger partial charge >= 0.3 is 0 Å². The van der Waals surface area contributed by atoms with E-state index in [1.165, 1.54) is 0 Å². The number of hydrogen-bond acceptors (Lipinski definition) is 9. The van der Waals surface area contributed by atoms with Gasteiger partial charge < -0.3 is 45.2 Å². The molecule has 0 saturated carbocycles. The van der Waals surface area contributed by atoms with Crippen LogP contribution in [0.1, 0.15) is 0 Å². The summed E-state index contributed by atoms with van der Waals surface area (Å²) in [5.41, 5.74) is 0. The third-order valence-corrected chi connectivity index (χ3v) is 4.32. The van der Waals surface area contributed by atoms with E-state index in [2.05, 4.69) is 15.9 Å². The molecule has 0 aliphatic carbocycles. The van der Waals surface area contributed by atoms with E-state index in [-0.39, 0.29) is 27.5 Å². The molecule has 0 fully saturated rings. The van der Waals surface area contributed by atoms with Crippen molar-refractivity contribution in [2.45, 2.75) is 0 Å². The predicted molar refractivity (Wildman–Crippen MR) is 98.8 cm³/mol. The molecule has 0 amide bonds. The Morgan fingerprint density at radius 1 is 0.500 bits per heavy atom. The number of phenols is 7. The first-order chi connectivity index (χ1) is 13.2. The smallest absolute Gasteiger partial charge is 0.210 e. The van der Waals surface area contributed by atoms with Crippen LogP contribution in [0.4, 0.5) is 0 Å². The van der Waals surface area contributed by atoms with Crippen molar-refractivity contribution in [1.82, 2.24) is 0 Å². The molecule has 0 atom stereocenters. The number of phenolic OH excluding ortho intramolecular Hbond substituents is 7. The molecule has 146 valence electrons. The van der Waals surface area contributed by atoms with Crippen molar-refractivity contribution in [2.75, 3.05) is 0 Å². The topological polar surface area (TPSA) is 160 Å². The van der Waals surface area contributed by atoms with E-state index >= 15 is 0 Å². The summed E-state index contributed by atoms with van der Waals surface area (Å²) in [6, 6.07) is 6.19. The maximum absolute atomic E-state index is 10.1. The van der Waals surface area contributed by atoms with Gasteiger partial charge in [0.25, 0.3) is 0 Å². The minimum absolute atomic E-state index is 0.0468. The van der Waals surface area contributed by atoms with Crippen LogP contribution in [0.15, 0.2) is 40.9 Å². The number of aromatic hydroxyl groups is 7. The first kappa shape index (κ1) is 19.1. The van der Waals surface area contributed by atoms with Crippen molar-refractivity contribution >= 4 is 15.9 Å². The van der Waals surface area contributed by atoms with Crippen LogP contribution in [-0.2, 0) is 0 Å². The molecule has 0 aromatic heterocycles. The van der Waals surface area contributed by atoms with E-state index in [1.54, 1.807) is 0 Å². The van der Waals surface area contributed by atoms with E-state index in [0.29, 0.717) is 0 Å². The van der Waals surface area contributed by atoms with Crippen molar-refractivity contribution in [3.8, 4) is 63.2 Å². The Labute approximate surface area is 165 Å². The molecule has 3 rings (SSSR count). The van der Waals surface area contributed by atoms with Crippen molar-refractivity contribution in [1.29, 1.82) is 0 Å². The number of ether oxygens (including phenoxy) is 2. The van der Waals surface area contributed by atoms with E-state index in [0.717, 1.165) is 36.4 Å². The van der Waals surface area contributed by atoms with E-state index in [4.69, 9.17) is 9.47 Å². The van der Waals surface area contributed by atoms with Gasteiger partial charge in [0.1, 0.15) is 33.2 Å². The monoisotopic (exact) mass is 452 g/mol. The van der Waals surface area contributed by atoms with Gasteiger partial charge in [0.15, 0.2) is 23.0 Å². The van der Waals surface area contributed by atoms with Crippen LogP contribution in [0.2, 0.25) is 0 Å². The van der Waals surface area contributed by atoms with Crippen molar-refractivity contribution in [3.63, 3.8) is 0 Å². The zero-order valence-electron chi connectivity index (χ0n) is 13.8. The molecule has 0 unspecified atom stereocenters. The SMILES string of the molecule is Oc1cc(O)c(Oc2cc(O)c(Oc3cc(O)c(Br)c(O)c3)c(O)c2)c(O)c1. The van der Waals surface area contributed by atoms with E-state index in [1.807, 2.05) is 0 Å². The summed E-state index contributed by atoms with van der Waals surface area (Å²) in [5.74, 6) is -4.39. The zero-order valence-corrected chi connectivity index (χ0v) is 15.4. The summed E-state index contributed by atoms with van der Waals surface area (Å²) in [7, 11) is 0. The molecule has 28 heavy (non-hydrogen) atoms. The third kappa shape index (κ3) is 3.71. The number of hydrogen-bond donors (Lipinski definition) is 7. The fourth-order valence-electron chi connectivity index (χ4n) is 2.29. The maximum atomic E-state index is 10.1. The highest BCUT2D eigenvalue weighted by atomic mass is 79.9. The summed E-state index contributed by atoms with van der Waals surface area (Å²) in [6.07, 6.45) is 0. The molecule has 0 spiro atoms. The Balaban J connectivity index is 1.92. The molecular weight excluding hydrogens is 440 g/mol. The van der Waals surface area contributed by atoms with Crippen LogP contribution in [-0.4, -0.2) is 35.7 Å². The van der Waals surface area contributed by atoms with Gasteiger partial charge in [-0.15, -0.1) is 0 Å². The van der Waals surface area contributed by atoms with Gasteiger partial charge in [0.05, 0.1) is 0 Å². The van der Waals surface area contributed by atoms with Gasteiger partial charge in [0, 0.05) is 36.4 Å². The minimum Gasteiger partial charge on any atom is -0.508 e. The highest BCUT2D eigenvalue weighted by Gasteiger charge is 2.18. The Kier molecular flexibility index (Phi) is 4.89. The first-order valence-electron chi connectivity index (χ1n) is 7.53. The lowest BCUT2D eigenvalue weighted by Gasteiger charge is -2.14. The lowest BCUT2D eigenvalue weighted by atomic mass is 10.2. The van der Waals surface area contributed by atoms with Gasteiger partial charge in [-0.3, -0.25) is 0 Å². The standard InChI is InChI=1S/C18H13BrO9/c19-16-10(21)3-8(4-11(16)22)27-18-14(25)5-9(6-15(18)26)28-17-12(23)1-7(20)2-13(17)24/h1-6,20-26H. The molecule has 0 bridgehead atoms. The van der Waals surface area contributed by atoms with Crippen LogP contribution in [0, 0.1) is 0 Å². The van der Waals surface area contributed by atoms with E-state index < -0.39 is 40.2 Å². The van der Waals surface area contributed by atoms with Crippen LogP contribution < -0.4 is 9.47 Å². The number of benzene rings is 3. The van der Waals surface area contributed by atoms with E-state index in [9.17, 15) is 35.7 Å². The third-order valence-electron chi connectivity index (χ3n) is 3.51. The predicted octanol–water partition coefficient (Wildman–Crippen LogP) is 3.97. The Hall–Kier alpha value is -3.66. The fraction of sp³-hybridized carbons (Fsp3) is 0. The molecule has 0 aliphatic heterocycles. The van der Waals surface area contributed by atoms with Gasteiger partial charge in [0.2, 0.25) is 11.5 Å². The summed E-state index contributed by atoms with van der Waals surface area (Å²) in [4.78, 5) is 0. The lowest BCUT2D eigenvalue weighted by molar-refractivity contribution is 0.353. The van der Waals surface area contributed by atoms with Crippen LogP contribution in [0.5, 0.6) is 63.2 Å². The van der Waals surface area contributed by atoms with Gasteiger partial charge in [-0.2, -0.15) is 0 Å². The zero-order chi connectivity index (χ0) is 20.6. The summed E-state index contributed by atoms with van der Waals surface area (Å²) in [5, 5.41) is 68.4.